The molecule has 2 aromatic heterocycles. The summed E-state index contributed by atoms with van der Waals surface area (Å²) in [5.74, 6) is -0.552. The first-order valence-electron chi connectivity index (χ1n) is 7.04. The van der Waals surface area contributed by atoms with Crippen LogP contribution in [-0.4, -0.2) is 27.0 Å². The monoisotopic (exact) mass is 329 g/mol. The van der Waals surface area contributed by atoms with Crippen LogP contribution in [0.2, 0.25) is 0 Å². The molecule has 118 valence electrons. The van der Waals surface area contributed by atoms with E-state index in [1.54, 1.807) is 18.3 Å². The van der Waals surface area contributed by atoms with Gasteiger partial charge in [0, 0.05) is 17.3 Å². The van der Waals surface area contributed by atoms with E-state index in [2.05, 4.69) is 10.3 Å². The molecule has 0 saturated carbocycles. The Morgan fingerprint density at radius 3 is 2.83 bits per heavy atom. The number of aromatic nitrogens is 2. The quantitative estimate of drug-likeness (QED) is 0.760. The average Bonchev–Trinajstić information content (AvgIpc) is 2.95. The number of nitrogens with zero attached hydrogens (tertiary/aromatic N) is 2. The van der Waals surface area contributed by atoms with Gasteiger partial charge in [0.05, 0.1) is 12.6 Å². The van der Waals surface area contributed by atoms with Crippen LogP contribution in [0.5, 0.6) is 0 Å². The summed E-state index contributed by atoms with van der Waals surface area (Å²) >= 11 is 1.38. The number of aliphatic hydroxyl groups excluding tert-OH is 1. The van der Waals surface area contributed by atoms with Crippen LogP contribution in [-0.2, 0) is 0 Å². The van der Waals surface area contributed by atoms with Gasteiger partial charge in [-0.1, -0.05) is 30.3 Å². The van der Waals surface area contributed by atoms with Crippen molar-refractivity contribution in [3.8, 4) is 0 Å². The predicted octanol–water partition coefficient (Wildman–Crippen LogP) is 1.53. The molecular formula is C16H15N3O3S. The molecule has 3 aromatic rings. The largest absolute Gasteiger partial charge is 0.394 e. The average molecular weight is 329 g/mol. The fourth-order valence-electron chi connectivity index (χ4n) is 2.31. The lowest BCUT2D eigenvalue weighted by atomic mass is 10.1. The fraction of sp³-hybridized carbons (Fsp3) is 0.188. The van der Waals surface area contributed by atoms with Gasteiger partial charge in [0.15, 0.2) is 4.96 Å². The molecular weight excluding hydrogens is 314 g/mol. The van der Waals surface area contributed by atoms with Crippen LogP contribution in [0.1, 0.15) is 26.8 Å². The van der Waals surface area contributed by atoms with Crippen molar-refractivity contribution in [2.75, 3.05) is 6.61 Å². The number of rotatable bonds is 4. The van der Waals surface area contributed by atoms with Crippen LogP contribution >= 0.6 is 11.3 Å². The molecule has 1 unspecified atom stereocenters. The van der Waals surface area contributed by atoms with Crippen LogP contribution in [0.25, 0.3) is 4.96 Å². The highest BCUT2D eigenvalue weighted by atomic mass is 32.1. The van der Waals surface area contributed by atoms with Gasteiger partial charge in [0.25, 0.3) is 11.5 Å². The van der Waals surface area contributed by atoms with E-state index in [-0.39, 0.29) is 12.2 Å². The van der Waals surface area contributed by atoms with E-state index >= 15 is 0 Å². The highest BCUT2D eigenvalue weighted by Crippen LogP contribution is 2.14. The summed E-state index contributed by atoms with van der Waals surface area (Å²) < 4.78 is 1.37. The molecule has 0 aliphatic heterocycles. The summed E-state index contributed by atoms with van der Waals surface area (Å²) in [4.78, 5) is 30.4. The first-order chi connectivity index (χ1) is 11.1. The van der Waals surface area contributed by atoms with Gasteiger partial charge >= 0.3 is 0 Å². The van der Waals surface area contributed by atoms with Crippen LogP contribution in [0.15, 0.2) is 47.5 Å². The van der Waals surface area contributed by atoms with Gasteiger partial charge in [-0.25, -0.2) is 4.98 Å². The van der Waals surface area contributed by atoms with Crippen LogP contribution < -0.4 is 10.9 Å². The van der Waals surface area contributed by atoms with Gasteiger partial charge in [-0.3, -0.25) is 14.0 Å². The van der Waals surface area contributed by atoms with E-state index in [0.717, 1.165) is 10.4 Å². The van der Waals surface area contributed by atoms with Gasteiger partial charge in [0.1, 0.15) is 5.56 Å². The number of carbonyl (C=O) groups is 1. The van der Waals surface area contributed by atoms with Crippen LogP contribution in [0.4, 0.5) is 0 Å². The van der Waals surface area contributed by atoms with Crippen LogP contribution in [0.3, 0.4) is 0 Å². The van der Waals surface area contributed by atoms with E-state index in [1.165, 1.54) is 21.9 Å². The van der Waals surface area contributed by atoms with Gasteiger partial charge in [-0.05, 0) is 12.5 Å². The zero-order chi connectivity index (χ0) is 16.4. The Bertz CT molecular complexity index is 902. The molecule has 3 rings (SSSR count). The fourth-order valence-corrected chi connectivity index (χ4v) is 3.09. The van der Waals surface area contributed by atoms with Crippen molar-refractivity contribution in [3.63, 3.8) is 0 Å². The highest BCUT2D eigenvalue weighted by Gasteiger charge is 2.19. The molecule has 2 heterocycles. The Hall–Kier alpha value is -2.51. The summed E-state index contributed by atoms with van der Waals surface area (Å²) in [6, 6.07) is 8.52. The molecule has 0 aliphatic rings. The van der Waals surface area contributed by atoms with Crippen molar-refractivity contribution in [2.24, 2.45) is 0 Å². The number of carbonyl (C=O) groups excluding carboxylic acids is 1. The maximum Gasteiger partial charge on any atom is 0.271 e. The van der Waals surface area contributed by atoms with Gasteiger partial charge in [0.2, 0.25) is 0 Å². The Morgan fingerprint density at radius 1 is 1.39 bits per heavy atom. The number of thiazole rings is 1. The molecule has 0 fully saturated rings. The normalized spacial score (nSPS) is 12.3. The number of amides is 1. The minimum absolute atomic E-state index is 0.0466. The SMILES string of the molecule is Cc1cn2c(=O)c(C(=O)NC(CO)c3ccccc3)cnc2s1. The number of hydrogen-bond donors (Lipinski definition) is 2. The Balaban J connectivity index is 1.91. The zero-order valence-electron chi connectivity index (χ0n) is 12.4. The number of aliphatic hydroxyl groups is 1. The number of nitrogens with one attached hydrogen (secondary N) is 1. The second-order valence-corrected chi connectivity index (χ2v) is 6.30. The van der Waals surface area contributed by atoms with E-state index in [1.807, 2.05) is 25.1 Å². The molecule has 0 spiro atoms. The van der Waals surface area contributed by atoms with Crippen molar-refractivity contribution in [1.82, 2.24) is 14.7 Å². The smallest absolute Gasteiger partial charge is 0.271 e. The van der Waals surface area contributed by atoms with Crippen molar-refractivity contribution in [1.29, 1.82) is 0 Å². The van der Waals surface area contributed by atoms with E-state index < -0.39 is 17.5 Å². The number of aryl methyl sites for hydroxylation is 1. The molecule has 1 atom stereocenters. The number of fused-ring (bicyclic) bond motifs is 1. The zero-order valence-corrected chi connectivity index (χ0v) is 13.2. The Kier molecular flexibility index (Phi) is 4.22. The van der Waals surface area contributed by atoms with Gasteiger partial charge < -0.3 is 10.4 Å². The first kappa shape index (κ1) is 15.4. The minimum atomic E-state index is -0.576. The molecule has 0 radical (unpaired) electrons. The molecule has 0 bridgehead atoms. The van der Waals surface area contributed by atoms with Crippen molar-refractivity contribution in [3.05, 3.63) is 69.1 Å². The Morgan fingerprint density at radius 2 is 2.13 bits per heavy atom. The standard InChI is InChI=1S/C16H15N3O3S/c1-10-8-19-15(22)12(7-17-16(19)23-10)14(21)18-13(9-20)11-5-3-2-4-6-11/h2-8,13,20H,9H2,1H3,(H,18,21). The highest BCUT2D eigenvalue weighted by molar-refractivity contribution is 7.16. The van der Waals surface area contributed by atoms with E-state index in [4.69, 9.17) is 0 Å². The molecule has 0 aliphatic carbocycles. The molecule has 6 nitrogen and oxygen atoms in total. The summed E-state index contributed by atoms with van der Waals surface area (Å²) in [6.45, 7) is 1.61. The maximum atomic E-state index is 12.4. The molecule has 1 aromatic carbocycles. The minimum Gasteiger partial charge on any atom is -0.394 e. The van der Waals surface area contributed by atoms with Gasteiger partial charge in [-0.15, -0.1) is 11.3 Å². The van der Waals surface area contributed by atoms with Crippen LogP contribution in [0, 0.1) is 6.92 Å². The summed E-state index contributed by atoms with van der Waals surface area (Å²) in [5.41, 5.74) is 0.306. The molecule has 23 heavy (non-hydrogen) atoms. The lowest BCUT2D eigenvalue weighted by molar-refractivity contribution is 0.0914. The lowest BCUT2D eigenvalue weighted by Gasteiger charge is -2.16. The molecule has 7 heteroatoms. The molecule has 1 amide bonds. The molecule has 2 N–H and O–H groups in total. The predicted molar refractivity (Wildman–Crippen MR) is 87.8 cm³/mol. The second-order valence-electron chi connectivity index (χ2n) is 5.09. The van der Waals surface area contributed by atoms with Crippen molar-refractivity contribution in [2.45, 2.75) is 13.0 Å². The maximum absolute atomic E-state index is 12.4. The molecule has 0 saturated heterocycles. The van der Waals surface area contributed by atoms with E-state index in [0.29, 0.717) is 4.96 Å². The number of benzene rings is 1. The Labute approximate surface area is 136 Å². The second kappa shape index (κ2) is 6.31. The summed E-state index contributed by atoms with van der Waals surface area (Å²) in [6.07, 6.45) is 2.94. The third-order valence-electron chi connectivity index (χ3n) is 3.46. The lowest BCUT2D eigenvalue weighted by Crippen LogP contribution is -2.35. The third-order valence-corrected chi connectivity index (χ3v) is 4.37. The third kappa shape index (κ3) is 3.01. The topological polar surface area (TPSA) is 83.7 Å². The summed E-state index contributed by atoms with van der Waals surface area (Å²) in [5, 5.41) is 12.2. The van der Waals surface area contributed by atoms with Crippen molar-refractivity contribution >= 4 is 22.2 Å². The first-order valence-corrected chi connectivity index (χ1v) is 7.86. The summed E-state index contributed by atoms with van der Waals surface area (Å²) in [7, 11) is 0. The van der Waals surface area contributed by atoms with E-state index in [9.17, 15) is 14.7 Å². The van der Waals surface area contributed by atoms with Crippen molar-refractivity contribution < 1.29 is 9.90 Å². The number of hydrogen-bond acceptors (Lipinski definition) is 5. The van der Waals surface area contributed by atoms with Gasteiger partial charge in [-0.2, -0.15) is 0 Å².